The third-order valence-corrected chi connectivity index (χ3v) is 9.18. The van der Waals surface area contributed by atoms with E-state index in [9.17, 15) is 67.7 Å². The Morgan fingerprint density at radius 2 is 0.783 bits per heavy atom. The summed E-state index contributed by atoms with van der Waals surface area (Å²) in [5.41, 5.74) is 26.5. The van der Waals surface area contributed by atoms with Crippen LogP contribution in [0.15, 0.2) is 9.98 Å². The maximum absolute atomic E-state index is 13.7. The molecule has 0 aromatic carbocycles. The molecule has 31 heteroatoms. The molecule has 0 heterocycles. The molecule has 0 rings (SSSR count). The number of aliphatic carboxylic acids is 3. The van der Waals surface area contributed by atoms with Crippen LogP contribution in [0.4, 0.5) is 0 Å². The minimum atomic E-state index is -1.84. The molecule has 9 amide bonds. The predicted molar refractivity (Wildman–Crippen MR) is 241 cm³/mol. The highest BCUT2D eigenvalue weighted by atomic mass is 16.4. The second-order valence-corrected chi connectivity index (χ2v) is 15.7. The Bertz CT molecular complexity index is 1900. The largest absolute Gasteiger partial charge is 0.481 e. The average Bonchev–Trinajstić information content (AvgIpc) is 3.25. The normalized spacial score (nSPS) is 13.3. The van der Waals surface area contributed by atoms with Crippen molar-refractivity contribution in [1.29, 1.82) is 0 Å². The first-order valence-electron chi connectivity index (χ1n) is 21.3. The molecule has 0 fully saturated rings. The lowest BCUT2D eigenvalue weighted by molar-refractivity contribution is -0.142. The number of carboxylic acids is 3. The molecular formula is C38H66N16O15. The molecule has 31 nitrogen and oxygen atoms in total. The third kappa shape index (κ3) is 26.8. The van der Waals surface area contributed by atoms with Gasteiger partial charge in [0.05, 0.1) is 32.5 Å². The van der Waals surface area contributed by atoms with Gasteiger partial charge in [-0.15, -0.1) is 0 Å². The smallest absolute Gasteiger partial charge is 0.322 e. The maximum Gasteiger partial charge on any atom is 0.322 e. The van der Waals surface area contributed by atoms with Crippen molar-refractivity contribution in [1.82, 2.24) is 47.9 Å². The van der Waals surface area contributed by atoms with Crippen molar-refractivity contribution in [3.05, 3.63) is 0 Å². The summed E-state index contributed by atoms with van der Waals surface area (Å²) in [6.45, 7) is 3.18. The fourth-order valence-corrected chi connectivity index (χ4v) is 5.75. The van der Waals surface area contributed by atoms with Crippen LogP contribution < -0.4 is 76.5 Å². The van der Waals surface area contributed by atoms with Crippen molar-refractivity contribution >= 4 is 83.0 Å². The first kappa shape index (κ1) is 61.1. The van der Waals surface area contributed by atoms with Gasteiger partial charge in [-0.25, -0.2) is 0 Å². The zero-order valence-corrected chi connectivity index (χ0v) is 38.6. The van der Waals surface area contributed by atoms with Gasteiger partial charge in [-0.1, -0.05) is 27.7 Å². The molecule has 0 aliphatic carbocycles. The summed E-state index contributed by atoms with van der Waals surface area (Å²) >= 11 is 0. The van der Waals surface area contributed by atoms with E-state index in [1.165, 1.54) is 27.7 Å². The Hall–Kier alpha value is -7.86. The summed E-state index contributed by atoms with van der Waals surface area (Å²) < 4.78 is 0. The highest BCUT2D eigenvalue weighted by Crippen LogP contribution is 2.09. The van der Waals surface area contributed by atoms with Gasteiger partial charge in [0.2, 0.25) is 53.2 Å². The average molecular weight is 987 g/mol. The van der Waals surface area contributed by atoms with Crippen molar-refractivity contribution in [2.45, 2.75) is 102 Å². The van der Waals surface area contributed by atoms with Gasteiger partial charge in [-0.2, -0.15) is 0 Å². The zero-order chi connectivity index (χ0) is 53.0. The van der Waals surface area contributed by atoms with Crippen LogP contribution in [0.2, 0.25) is 0 Å². The Labute approximate surface area is 395 Å². The van der Waals surface area contributed by atoms with Crippen LogP contribution in [-0.4, -0.2) is 174 Å². The van der Waals surface area contributed by atoms with E-state index in [-0.39, 0.29) is 50.7 Å². The van der Waals surface area contributed by atoms with Crippen LogP contribution >= 0.6 is 0 Å². The van der Waals surface area contributed by atoms with Crippen molar-refractivity contribution in [2.24, 2.45) is 50.5 Å². The fraction of sp³-hybridized carbons (Fsp3) is 0.632. The monoisotopic (exact) mass is 986 g/mol. The van der Waals surface area contributed by atoms with E-state index in [1.807, 2.05) is 0 Å². The summed E-state index contributed by atoms with van der Waals surface area (Å²) in [6, 6.07) is -9.15. The van der Waals surface area contributed by atoms with Crippen LogP contribution in [0.1, 0.15) is 66.2 Å². The lowest BCUT2D eigenvalue weighted by Gasteiger charge is -2.29. The number of hydrogen-bond donors (Lipinski definition) is 17. The number of hydrogen-bond acceptors (Lipinski definition) is 15. The molecule has 388 valence electrons. The van der Waals surface area contributed by atoms with E-state index in [1.54, 1.807) is 0 Å². The number of guanidine groups is 2. The Morgan fingerprint density at radius 1 is 0.435 bits per heavy atom. The van der Waals surface area contributed by atoms with E-state index in [2.05, 4.69) is 57.8 Å². The van der Waals surface area contributed by atoms with Gasteiger partial charge in [0.15, 0.2) is 11.9 Å². The fourth-order valence-electron chi connectivity index (χ4n) is 5.75. The number of nitrogens with zero attached hydrogens (tertiary/aromatic N) is 2. The number of nitrogens with one attached hydrogen (secondary N) is 9. The van der Waals surface area contributed by atoms with Gasteiger partial charge >= 0.3 is 17.9 Å². The van der Waals surface area contributed by atoms with Crippen LogP contribution in [0.25, 0.3) is 0 Å². The SMILES string of the molecule is CC(C)[C@H](NC(=O)[C@H](CC(=O)O)NC(=O)CNC(=O)[C@H](CCCN=C(N)N)NC(=O)CN)C(=O)N[C@H](C(=O)N[C@@H](CC(=O)O)C(=O)NCC(=O)N[C@@H](CCCN=C(N)N)C(=O)NCC(=O)O)C(C)C. The lowest BCUT2D eigenvalue weighted by Crippen LogP contribution is -2.61. The topological polar surface area (TPSA) is 529 Å². The molecule has 0 unspecified atom stereocenters. The molecule has 0 spiro atoms. The van der Waals surface area contributed by atoms with Crippen LogP contribution in [0.5, 0.6) is 0 Å². The number of nitrogens with two attached hydrogens (primary N) is 5. The van der Waals surface area contributed by atoms with Gasteiger partial charge in [0.25, 0.3) is 0 Å². The quantitative estimate of drug-likeness (QED) is 0.0165. The molecule has 0 saturated carbocycles. The van der Waals surface area contributed by atoms with Gasteiger partial charge in [-0.3, -0.25) is 67.5 Å². The molecule has 0 radical (unpaired) electrons. The molecule has 0 bridgehead atoms. The molecule has 0 aliphatic rings. The minimum Gasteiger partial charge on any atom is -0.481 e. The van der Waals surface area contributed by atoms with E-state index >= 15 is 0 Å². The van der Waals surface area contributed by atoms with E-state index in [4.69, 9.17) is 33.8 Å². The second kappa shape index (κ2) is 31.9. The summed E-state index contributed by atoms with van der Waals surface area (Å²) in [5, 5.41) is 48.3. The molecule has 69 heavy (non-hydrogen) atoms. The number of rotatable bonds is 33. The first-order chi connectivity index (χ1) is 32.2. The Kier molecular flexibility index (Phi) is 28.3. The number of carbonyl (C=O) groups excluding carboxylic acids is 9. The molecular weight excluding hydrogens is 921 g/mol. The highest BCUT2D eigenvalue weighted by Gasteiger charge is 2.35. The van der Waals surface area contributed by atoms with Crippen molar-refractivity contribution in [2.75, 3.05) is 39.3 Å². The van der Waals surface area contributed by atoms with Crippen LogP contribution in [0, 0.1) is 11.8 Å². The van der Waals surface area contributed by atoms with Crippen LogP contribution in [-0.2, 0) is 57.5 Å². The number of carboxylic acid groups (broad SMARTS) is 3. The highest BCUT2D eigenvalue weighted by molar-refractivity contribution is 5.99. The number of carbonyl (C=O) groups is 12. The van der Waals surface area contributed by atoms with Crippen LogP contribution in [0.3, 0.4) is 0 Å². The van der Waals surface area contributed by atoms with E-state index < -0.39 is 158 Å². The van der Waals surface area contributed by atoms with E-state index in [0.29, 0.717) is 0 Å². The molecule has 0 aliphatic heterocycles. The molecule has 0 saturated heterocycles. The van der Waals surface area contributed by atoms with Gasteiger partial charge in [-0.05, 0) is 37.5 Å². The minimum absolute atomic E-state index is 0.0203. The summed E-state index contributed by atoms with van der Waals surface area (Å²) in [7, 11) is 0. The Balaban J connectivity index is 5.96. The second-order valence-electron chi connectivity index (χ2n) is 15.7. The Morgan fingerprint density at radius 3 is 1.16 bits per heavy atom. The summed E-state index contributed by atoms with van der Waals surface area (Å²) in [5.74, 6) is -15.3. The van der Waals surface area contributed by atoms with Gasteiger partial charge in [0.1, 0.15) is 42.8 Å². The number of amides is 9. The van der Waals surface area contributed by atoms with E-state index in [0.717, 1.165) is 0 Å². The maximum atomic E-state index is 13.7. The molecule has 22 N–H and O–H groups in total. The molecule has 6 atom stereocenters. The van der Waals surface area contributed by atoms with Crippen molar-refractivity contribution < 1.29 is 72.9 Å². The summed E-state index contributed by atoms with van der Waals surface area (Å²) in [4.78, 5) is 159. The first-order valence-corrected chi connectivity index (χ1v) is 21.3. The van der Waals surface area contributed by atoms with Crippen molar-refractivity contribution in [3.8, 4) is 0 Å². The third-order valence-electron chi connectivity index (χ3n) is 9.18. The van der Waals surface area contributed by atoms with Gasteiger partial charge in [0, 0.05) is 13.1 Å². The molecule has 0 aromatic rings. The van der Waals surface area contributed by atoms with Gasteiger partial charge < -0.3 is 91.8 Å². The molecule has 0 aromatic heterocycles. The summed E-state index contributed by atoms with van der Waals surface area (Å²) in [6.07, 6.45) is -1.68. The van der Waals surface area contributed by atoms with Crippen molar-refractivity contribution in [3.63, 3.8) is 0 Å². The number of aliphatic imine (C=N–C) groups is 2. The lowest BCUT2D eigenvalue weighted by atomic mass is 9.98. The predicted octanol–water partition coefficient (Wildman–Crippen LogP) is -8.34. The standard InChI is InChI=1S/C38H66N16O15/c1-17(2)29(35(68)52-21(11-26(58)59)33(66)47-14-24(56)50-20(8-6-10-45-38(42)43)32(65)48-16-28(62)63)54-36(69)30(18(3)4)53-34(67)22(12-27(60)61)51-25(57)15-46-31(64)19(49-23(55)13-39)7-5-9-44-37(40)41/h17-22,29-30H,5-16,39H2,1-4H3,(H,46,64)(H,47,66)(H,48,65)(H,49,55)(H,50,56)(H,51,57)(H,52,68)(H,53,67)(H,54,69)(H,58,59)(H,60,61)(H,62,63)(H4,40,41,44)(H4,42,43,45)/t19-,20-,21-,22-,29-,30-/m0/s1. The zero-order valence-electron chi connectivity index (χ0n) is 38.6.